The normalized spacial score (nSPS) is 19.8. The first-order valence-electron chi connectivity index (χ1n) is 9.77. The standard InChI is InChI=1S/C20H24FN5O3/c1-12-16(19(26-29-12)13-2-4-14(21)5-3-13)11-22-18-10-17(24-25-18)20(27)23-15-6-8-28-9-7-15/h2,4-5,10,13,15H,3,6-9,11H2,1H3,(H,23,27)(H2,22,24,25). The Hall–Kier alpha value is -2.94. The van der Waals surface area contributed by atoms with Gasteiger partial charge in [-0.2, -0.15) is 5.10 Å². The lowest BCUT2D eigenvalue weighted by molar-refractivity contribution is 0.0694. The molecule has 154 valence electrons. The summed E-state index contributed by atoms with van der Waals surface area (Å²) in [5.41, 5.74) is 2.09. The predicted octanol–water partition coefficient (Wildman–Crippen LogP) is 3.12. The summed E-state index contributed by atoms with van der Waals surface area (Å²) >= 11 is 0. The van der Waals surface area contributed by atoms with Gasteiger partial charge in [-0.1, -0.05) is 11.2 Å². The molecule has 1 atom stereocenters. The number of carbonyl (C=O) groups is 1. The van der Waals surface area contributed by atoms with Crippen LogP contribution in [0.4, 0.5) is 10.2 Å². The number of carbonyl (C=O) groups excluding carboxylic acids is 1. The van der Waals surface area contributed by atoms with E-state index in [9.17, 15) is 9.18 Å². The number of H-pyrrole nitrogens is 1. The van der Waals surface area contributed by atoms with Gasteiger partial charge in [0, 0.05) is 43.3 Å². The minimum Gasteiger partial charge on any atom is -0.381 e. The maximum absolute atomic E-state index is 13.2. The predicted molar refractivity (Wildman–Crippen MR) is 104 cm³/mol. The molecule has 0 saturated carbocycles. The second-order valence-corrected chi connectivity index (χ2v) is 7.27. The third-order valence-corrected chi connectivity index (χ3v) is 5.25. The van der Waals surface area contributed by atoms with Gasteiger partial charge in [0.2, 0.25) is 0 Å². The first-order valence-corrected chi connectivity index (χ1v) is 9.77. The van der Waals surface area contributed by atoms with Crippen LogP contribution in [0.2, 0.25) is 0 Å². The van der Waals surface area contributed by atoms with Gasteiger partial charge in [-0.25, -0.2) is 4.39 Å². The quantitative estimate of drug-likeness (QED) is 0.687. The van der Waals surface area contributed by atoms with Crippen LogP contribution >= 0.6 is 0 Å². The number of ether oxygens (including phenoxy) is 1. The lowest BCUT2D eigenvalue weighted by Crippen LogP contribution is -2.39. The molecule has 29 heavy (non-hydrogen) atoms. The zero-order chi connectivity index (χ0) is 20.2. The minimum atomic E-state index is -0.232. The van der Waals surface area contributed by atoms with Crippen LogP contribution in [-0.2, 0) is 11.3 Å². The van der Waals surface area contributed by atoms with E-state index in [1.165, 1.54) is 6.08 Å². The van der Waals surface area contributed by atoms with Crippen molar-refractivity contribution in [2.45, 2.75) is 44.7 Å². The van der Waals surface area contributed by atoms with Crippen LogP contribution in [0.3, 0.4) is 0 Å². The highest BCUT2D eigenvalue weighted by molar-refractivity contribution is 5.93. The molecule has 3 N–H and O–H groups in total. The Bertz CT molecular complexity index is 926. The van der Waals surface area contributed by atoms with Crippen molar-refractivity contribution in [3.63, 3.8) is 0 Å². The second kappa shape index (κ2) is 8.60. The zero-order valence-electron chi connectivity index (χ0n) is 16.2. The van der Waals surface area contributed by atoms with Gasteiger partial charge in [0.05, 0.1) is 5.69 Å². The van der Waals surface area contributed by atoms with Crippen molar-refractivity contribution in [1.82, 2.24) is 20.7 Å². The number of hydrogen-bond acceptors (Lipinski definition) is 6. The largest absolute Gasteiger partial charge is 0.381 e. The van der Waals surface area contributed by atoms with E-state index in [0.717, 1.165) is 24.1 Å². The fourth-order valence-electron chi connectivity index (χ4n) is 3.52. The molecule has 1 amide bonds. The van der Waals surface area contributed by atoms with Crippen LogP contribution in [0.1, 0.15) is 52.7 Å². The number of allylic oxidation sites excluding steroid dienone is 4. The highest BCUT2D eigenvalue weighted by Crippen LogP contribution is 2.30. The van der Waals surface area contributed by atoms with E-state index in [-0.39, 0.29) is 23.7 Å². The number of nitrogens with one attached hydrogen (secondary N) is 3. The Labute approximate surface area is 167 Å². The van der Waals surface area contributed by atoms with Crippen molar-refractivity contribution in [3.05, 3.63) is 52.8 Å². The van der Waals surface area contributed by atoms with Gasteiger partial charge in [-0.15, -0.1) is 0 Å². The Morgan fingerprint density at radius 2 is 2.21 bits per heavy atom. The SMILES string of the molecule is Cc1onc(C2C=CC(F)=CC2)c1CNc1cc(C(=O)NC2CCOCC2)[nH]n1. The Balaban J connectivity index is 1.37. The van der Waals surface area contributed by atoms with Gasteiger partial charge in [0.15, 0.2) is 0 Å². The van der Waals surface area contributed by atoms with Crippen LogP contribution in [0.5, 0.6) is 0 Å². The number of anilines is 1. The molecule has 0 radical (unpaired) electrons. The van der Waals surface area contributed by atoms with Crippen molar-refractivity contribution in [1.29, 1.82) is 0 Å². The monoisotopic (exact) mass is 401 g/mol. The number of amides is 1. The lowest BCUT2D eigenvalue weighted by Gasteiger charge is -2.22. The van der Waals surface area contributed by atoms with Gasteiger partial charge in [-0.3, -0.25) is 9.89 Å². The maximum Gasteiger partial charge on any atom is 0.269 e. The van der Waals surface area contributed by atoms with E-state index >= 15 is 0 Å². The van der Waals surface area contributed by atoms with E-state index in [2.05, 4.69) is 26.0 Å². The van der Waals surface area contributed by atoms with Crippen LogP contribution in [0.15, 0.2) is 34.6 Å². The molecular formula is C20H24FN5O3. The summed E-state index contributed by atoms with van der Waals surface area (Å²) in [5, 5.41) is 17.3. The van der Waals surface area contributed by atoms with E-state index in [1.807, 2.05) is 6.92 Å². The topological polar surface area (TPSA) is 105 Å². The van der Waals surface area contributed by atoms with Crippen molar-refractivity contribution in [2.75, 3.05) is 18.5 Å². The highest BCUT2D eigenvalue weighted by atomic mass is 19.1. The summed E-state index contributed by atoms with van der Waals surface area (Å²) in [6, 6.07) is 1.80. The van der Waals surface area contributed by atoms with Crippen LogP contribution in [-0.4, -0.2) is 40.5 Å². The molecule has 1 unspecified atom stereocenters. The molecule has 9 heteroatoms. The molecule has 3 heterocycles. The van der Waals surface area contributed by atoms with E-state index in [0.29, 0.717) is 43.5 Å². The Morgan fingerprint density at radius 3 is 2.97 bits per heavy atom. The molecule has 2 aromatic rings. The smallest absolute Gasteiger partial charge is 0.269 e. The third-order valence-electron chi connectivity index (χ3n) is 5.25. The molecule has 1 aliphatic heterocycles. The molecule has 4 rings (SSSR count). The van der Waals surface area contributed by atoms with Crippen molar-refractivity contribution in [3.8, 4) is 0 Å². The average molecular weight is 401 g/mol. The molecule has 0 spiro atoms. The molecule has 1 aliphatic carbocycles. The van der Waals surface area contributed by atoms with Crippen LogP contribution < -0.4 is 10.6 Å². The number of aryl methyl sites for hydroxylation is 1. The highest BCUT2D eigenvalue weighted by Gasteiger charge is 2.22. The average Bonchev–Trinajstić information content (AvgIpc) is 3.35. The van der Waals surface area contributed by atoms with Gasteiger partial charge in [0.25, 0.3) is 5.91 Å². The fraction of sp³-hybridized carbons (Fsp3) is 0.450. The molecule has 1 saturated heterocycles. The second-order valence-electron chi connectivity index (χ2n) is 7.27. The van der Waals surface area contributed by atoms with Crippen molar-refractivity contribution >= 4 is 11.7 Å². The molecule has 2 aromatic heterocycles. The molecule has 2 aliphatic rings. The number of aromatic amines is 1. The molecule has 0 bridgehead atoms. The number of nitrogens with zero attached hydrogens (tertiary/aromatic N) is 2. The molecule has 0 aromatic carbocycles. The molecule has 8 nitrogen and oxygen atoms in total. The fourth-order valence-corrected chi connectivity index (χ4v) is 3.52. The van der Waals surface area contributed by atoms with Gasteiger partial charge in [-0.05, 0) is 38.3 Å². The first-order chi connectivity index (χ1) is 14.1. The third kappa shape index (κ3) is 4.56. The number of halogens is 1. The van der Waals surface area contributed by atoms with E-state index in [1.54, 1.807) is 18.2 Å². The first kappa shape index (κ1) is 19.4. The summed E-state index contributed by atoms with van der Waals surface area (Å²) in [6.45, 7) is 3.61. The summed E-state index contributed by atoms with van der Waals surface area (Å²) in [4.78, 5) is 12.4. The van der Waals surface area contributed by atoms with Crippen LogP contribution in [0, 0.1) is 6.92 Å². The van der Waals surface area contributed by atoms with Gasteiger partial charge >= 0.3 is 0 Å². The summed E-state index contributed by atoms with van der Waals surface area (Å²) < 4.78 is 23.9. The van der Waals surface area contributed by atoms with Crippen molar-refractivity contribution in [2.24, 2.45) is 0 Å². The van der Waals surface area contributed by atoms with Gasteiger partial charge < -0.3 is 19.9 Å². The summed E-state index contributed by atoms with van der Waals surface area (Å²) in [5.74, 6) is 0.816. The number of hydrogen-bond donors (Lipinski definition) is 3. The number of aromatic nitrogens is 3. The Morgan fingerprint density at radius 1 is 1.38 bits per heavy atom. The Kier molecular flexibility index (Phi) is 5.75. The summed E-state index contributed by atoms with van der Waals surface area (Å²) in [7, 11) is 0. The number of rotatable bonds is 6. The lowest BCUT2D eigenvalue weighted by atomic mass is 9.93. The molecule has 1 fully saturated rings. The van der Waals surface area contributed by atoms with Crippen LogP contribution in [0.25, 0.3) is 0 Å². The van der Waals surface area contributed by atoms with E-state index < -0.39 is 0 Å². The summed E-state index contributed by atoms with van der Waals surface area (Å²) in [6.07, 6.45) is 6.96. The molecular weight excluding hydrogens is 377 g/mol. The zero-order valence-corrected chi connectivity index (χ0v) is 16.2. The van der Waals surface area contributed by atoms with Gasteiger partial charge in [0.1, 0.15) is 23.1 Å². The minimum absolute atomic E-state index is 0.0243. The van der Waals surface area contributed by atoms with E-state index in [4.69, 9.17) is 9.26 Å². The van der Waals surface area contributed by atoms with Crippen molar-refractivity contribution < 1.29 is 18.4 Å². The maximum atomic E-state index is 13.2.